The molecule has 1 unspecified atom stereocenters. The van der Waals surface area contributed by atoms with Gasteiger partial charge in [-0.3, -0.25) is 5.32 Å². The zero-order chi connectivity index (χ0) is 14.6. The molecular weight excluding hydrogens is 254 g/mol. The second kappa shape index (κ2) is 5.77. The van der Waals surface area contributed by atoms with Crippen molar-refractivity contribution >= 4 is 6.09 Å². The van der Waals surface area contributed by atoms with Gasteiger partial charge in [-0.25, -0.2) is 9.48 Å². The lowest BCUT2D eigenvalue weighted by Crippen LogP contribution is -2.37. The Morgan fingerprint density at radius 1 is 1.25 bits per heavy atom. The van der Waals surface area contributed by atoms with Crippen molar-refractivity contribution in [3.05, 3.63) is 54.4 Å². The summed E-state index contributed by atoms with van der Waals surface area (Å²) in [4.78, 5) is 12.0. The molecule has 0 saturated heterocycles. The van der Waals surface area contributed by atoms with Crippen LogP contribution < -0.4 is 5.32 Å². The minimum atomic E-state index is -0.532. The molecule has 1 aromatic heterocycles. The van der Waals surface area contributed by atoms with E-state index in [9.17, 15) is 4.79 Å². The average Bonchev–Trinajstić information content (AvgIpc) is 2.88. The molecule has 2 rings (SSSR count). The van der Waals surface area contributed by atoms with E-state index in [1.165, 1.54) is 0 Å². The van der Waals surface area contributed by atoms with E-state index in [1.54, 1.807) is 17.1 Å². The zero-order valence-corrected chi connectivity index (χ0v) is 11.9. The fraction of sp³-hybridized carbons (Fsp3) is 0.333. The molecule has 20 heavy (non-hydrogen) atoms. The third-order valence-electron chi connectivity index (χ3n) is 2.56. The molecule has 0 aliphatic carbocycles. The summed E-state index contributed by atoms with van der Waals surface area (Å²) < 4.78 is 6.98. The van der Waals surface area contributed by atoms with Gasteiger partial charge >= 0.3 is 6.09 Å². The van der Waals surface area contributed by atoms with E-state index in [0.29, 0.717) is 0 Å². The van der Waals surface area contributed by atoms with Crippen LogP contribution in [0.4, 0.5) is 4.79 Å². The van der Waals surface area contributed by atoms with Crippen LogP contribution in [0.15, 0.2) is 48.8 Å². The van der Waals surface area contributed by atoms with E-state index in [4.69, 9.17) is 4.74 Å². The molecule has 2 aromatic rings. The summed E-state index contributed by atoms with van der Waals surface area (Å²) in [5.41, 5.74) is 0.400. The van der Waals surface area contributed by atoms with E-state index in [0.717, 1.165) is 5.56 Å². The highest BCUT2D eigenvalue weighted by Gasteiger charge is 2.21. The number of amides is 1. The summed E-state index contributed by atoms with van der Waals surface area (Å²) in [5.74, 6) is 0. The third kappa shape index (κ3) is 3.85. The van der Waals surface area contributed by atoms with Gasteiger partial charge in [-0.2, -0.15) is 5.10 Å². The molecule has 1 atom stereocenters. The quantitative estimate of drug-likeness (QED) is 0.935. The molecule has 5 nitrogen and oxygen atoms in total. The lowest BCUT2D eigenvalue weighted by Gasteiger charge is -2.24. The van der Waals surface area contributed by atoms with Gasteiger partial charge in [-0.1, -0.05) is 30.3 Å². The summed E-state index contributed by atoms with van der Waals surface area (Å²) in [6.45, 7) is 5.49. The van der Waals surface area contributed by atoms with Gasteiger partial charge in [0.1, 0.15) is 5.60 Å². The van der Waals surface area contributed by atoms with Crippen molar-refractivity contribution in [2.45, 2.75) is 32.5 Å². The second-order valence-corrected chi connectivity index (χ2v) is 5.45. The van der Waals surface area contributed by atoms with Crippen LogP contribution in [-0.2, 0) is 4.74 Å². The molecule has 1 amide bonds. The van der Waals surface area contributed by atoms with Crippen molar-refractivity contribution in [1.82, 2.24) is 15.1 Å². The number of nitrogens with zero attached hydrogens (tertiary/aromatic N) is 2. The smallest absolute Gasteiger partial charge is 0.409 e. The summed E-state index contributed by atoms with van der Waals surface area (Å²) >= 11 is 0. The van der Waals surface area contributed by atoms with Gasteiger partial charge in [0.15, 0.2) is 6.17 Å². The Hall–Kier alpha value is -2.30. The van der Waals surface area contributed by atoms with Crippen LogP contribution in [0.2, 0.25) is 0 Å². The van der Waals surface area contributed by atoms with Crippen molar-refractivity contribution in [3.63, 3.8) is 0 Å². The number of hydrogen-bond acceptors (Lipinski definition) is 3. The molecule has 0 radical (unpaired) electrons. The Morgan fingerprint density at radius 2 is 1.95 bits per heavy atom. The predicted octanol–water partition coefficient (Wildman–Crippen LogP) is 2.95. The maximum Gasteiger partial charge on any atom is 0.409 e. The van der Waals surface area contributed by atoms with Crippen molar-refractivity contribution in [1.29, 1.82) is 0 Å². The zero-order valence-electron chi connectivity index (χ0n) is 11.9. The number of aromatic nitrogens is 2. The van der Waals surface area contributed by atoms with Crippen molar-refractivity contribution in [3.8, 4) is 0 Å². The molecule has 0 aliphatic rings. The van der Waals surface area contributed by atoms with Crippen LogP contribution >= 0.6 is 0 Å². The maximum atomic E-state index is 12.0. The summed E-state index contributed by atoms with van der Waals surface area (Å²) in [7, 11) is 0. The molecule has 1 aromatic carbocycles. The molecular formula is C15H19N3O2. The van der Waals surface area contributed by atoms with Crippen LogP contribution in [-0.4, -0.2) is 21.5 Å². The highest BCUT2D eigenvalue weighted by Crippen LogP contribution is 2.15. The minimum Gasteiger partial charge on any atom is -0.444 e. The first kappa shape index (κ1) is 14.1. The largest absolute Gasteiger partial charge is 0.444 e. The number of nitrogens with one attached hydrogen (secondary N) is 1. The van der Waals surface area contributed by atoms with Crippen molar-refractivity contribution in [2.75, 3.05) is 0 Å². The standard InChI is InChI=1S/C15H19N3O2/c1-15(2,3)20-14(19)17-13(18-11-7-10-16-18)12-8-5-4-6-9-12/h4-11,13H,1-3H3,(H,17,19). The van der Waals surface area contributed by atoms with E-state index in [1.807, 2.05) is 57.2 Å². The number of carbonyl (C=O) groups is 1. The van der Waals surface area contributed by atoms with Gasteiger partial charge in [-0.05, 0) is 32.4 Å². The van der Waals surface area contributed by atoms with Crippen LogP contribution in [0.1, 0.15) is 32.5 Å². The lowest BCUT2D eigenvalue weighted by molar-refractivity contribution is 0.0491. The second-order valence-electron chi connectivity index (χ2n) is 5.45. The maximum absolute atomic E-state index is 12.0. The molecule has 106 valence electrons. The highest BCUT2D eigenvalue weighted by molar-refractivity contribution is 5.68. The summed E-state index contributed by atoms with van der Waals surface area (Å²) in [6.07, 6.45) is 2.62. The number of hydrogen-bond donors (Lipinski definition) is 1. The first-order valence-electron chi connectivity index (χ1n) is 6.49. The van der Waals surface area contributed by atoms with Gasteiger partial charge in [0, 0.05) is 12.4 Å². The van der Waals surface area contributed by atoms with Crippen LogP contribution in [0.5, 0.6) is 0 Å². The molecule has 0 spiro atoms. The topological polar surface area (TPSA) is 56.1 Å². The van der Waals surface area contributed by atoms with Crippen LogP contribution in [0.3, 0.4) is 0 Å². The average molecular weight is 273 g/mol. The van der Waals surface area contributed by atoms with Gasteiger partial charge < -0.3 is 4.74 Å². The first-order chi connectivity index (χ1) is 9.46. The van der Waals surface area contributed by atoms with Gasteiger partial charge in [-0.15, -0.1) is 0 Å². The lowest BCUT2D eigenvalue weighted by atomic mass is 10.2. The van der Waals surface area contributed by atoms with Crippen LogP contribution in [0, 0.1) is 0 Å². The van der Waals surface area contributed by atoms with E-state index >= 15 is 0 Å². The SMILES string of the molecule is CC(C)(C)OC(=O)NC(c1ccccc1)n1cccn1. The normalized spacial score (nSPS) is 12.8. The molecule has 5 heteroatoms. The summed E-state index contributed by atoms with van der Waals surface area (Å²) in [6, 6.07) is 11.4. The first-order valence-corrected chi connectivity index (χ1v) is 6.49. The number of rotatable bonds is 3. The number of ether oxygens (including phenoxy) is 1. The molecule has 1 heterocycles. The van der Waals surface area contributed by atoms with E-state index < -0.39 is 11.7 Å². The number of carbonyl (C=O) groups excluding carboxylic acids is 1. The number of alkyl carbamates (subject to hydrolysis) is 1. The Morgan fingerprint density at radius 3 is 2.50 bits per heavy atom. The van der Waals surface area contributed by atoms with Crippen LogP contribution in [0.25, 0.3) is 0 Å². The Labute approximate surface area is 118 Å². The molecule has 1 N–H and O–H groups in total. The Bertz CT molecular complexity index is 544. The van der Waals surface area contributed by atoms with Gasteiger partial charge in [0.25, 0.3) is 0 Å². The van der Waals surface area contributed by atoms with E-state index in [2.05, 4.69) is 10.4 Å². The molecule has 0 bridgehead atoms. The van der Waals surface area contributed by atoms with E-state index in [-0.39, 0.29) is 6.17 Å². The van der Waals surface area contributed by atoms with Crippen molar-refractivity contribution in [2.24, 2.45) is 0 Å². The predicted molar refractivity (Wildman–Crippen MR) is 76.2 cm³/mol. The highest BCUT2D eigenvalue weighted by atomic mass is 16.6. The monoisotopic (exact) mass is 273 g/mol. The Kier molecular flexibility index (Phi) is 4.08. The van der Waals surface area contributed by atoms with Gasteiger partial charge in [0.05, 0.1) is 0 Å². The third-order valence-corrected chi connectivity index (χ3v) is 2.56. The summed E-state index contributed by atoms with van der Waals surface area (Å²) in [5, 5.41) is 7.02. The van der Waals surface area contributed by atoms with Gasteiger partial charge in [0.2, 0.25) is 0 Å². The Balaban J connectivity index is 2.19. The fourth-order valence-corrected chi connectivity index (χ4v) is 1.79. The fourth-order valence-electron chi connectivity index (χ4n) is 1.79. The molecule has 0 fully saturated rings. The van der Waals surface area contributed by atoms with Crippen molar-refractivity contribution < 1.29 is 9.53 Å². The number of benzene rings is 1. The molecule has 0 aliphatic heterocycles. The minimum absolute atomic E-state index is 0.388. The molecule has 0 saturated carbocycles.